The van der Waals surface area contributed by atoms with E-state index in [2.05, 4.69) is 5.11 Å². The SMILES string of the molecule is N=Nc1cccc2occc12. The van der Waals surface area contributed by atoms with Crippen molar-refractivity contribution in [3.05, 3.63) is 30.5 Å². The van der Waals surface area contributed by atoms with E-state index in [0.717, 1.165) is 11.0 Å². The van der Waals surface area contributed by atoms with E-state index in [0.29, 0.717) is 5.69 Å². The Bertz CT molecular complexity index is 392. The fourth-order valence-electron chi connectivity index (χ4n) is 1.08. The van der Waals surface area contributed by atoms with Gasteiger partial charge in [-0.3, -0.25) is 0 Å². The van der Waals surface area contributed by atoms with Gasteiger partial charge < -0.3 is 4.42 Å². The van der Waals surface area contributed by atoms with Crippen LogP contribution in [0.2, 0.25) is 0 Å². The van der Waals surface area contributed by atoms with E-state index >= 15 is 0 Å². The molecule has 0 aliphatic carbocycles. The van der Waals surface area contributed by atoms with Gasteiger partial charge in [-0.25, -0.2) is 5.53 Å². The van der Waals surface area contributed by atoms with Crippen LogP contribution >= 0.6 is 0 Å². The average molecular weight is 146 g/mol. The molecule has 0 amide bonds. The maximum Gasteiger partial charge on any atom is 0.136 e. The van der Waals surface area contributed by atoms with E-state index in [1.807, 2.05) is 18.2 Å². The van der Waals surface area contributed by atoms with E-state index in [4.69, 9.17) is 9.95 Å². The summed E-state index contributed by atoms with van der Waals surface area (Å²) in [7, 11) is 0. The van der Waals surface area contributed by atoms with Crippen molar-refractivity contribution < 1.29 is 4.42 Å². The molecule has 2 aromatic rings. The zero-order chi connectivity index (χ0) is 7.68. The van der Waals surface area contributed by atoms with Crippen LogP contribution in [0.5, 0.6) is 0 Å². The lowest BCUT2D eigenvalue weighted by Crippen LogP contribution is -1.63. The monoisotopic (exact) mass is 146 g/mol. The van der Waals surface area contributed by atoms with Crippen LogP contribution in [-0.4, -0.2) is 0 Å². The third-order valence-corrected chi connectivity index (χ3v) is 1.59. The van der Waals surface area contributed by atoms with Gasteiger partial charge in [-0.1, -0.05) is 6.07 Å². The summed E-state index contributed by atoms with van der Waals surface area (Å²) in [6.07, 6.45) is 1.60. The summed E-state index contributed by atoms with van der Waals surface area (Å²) in [5.74, 6) is 0. The Hall–Kier alpha value is -1.64. The number of fused-ring (bicyclic) bond motifs is 1. The highest BCUT2D eigenvalue weighted by Gasteiger charge is 1.99. The van der Waals surface area contributed by atoms with Crippen LogP contribution in [0.3, 0.4) is 0 Å². The highest BCUT2D eigenvalue weighted by atomic mass is 16.3. The van der Waals surface area contributed by atoms with Crippen LogP contribution in [0.15, 0.2) is 40.1 Å². The number of nitrogens with one attached hydrogen (secondary N) is 1. The van der Waals surface area contributed by atoms with Crippen molar-refractivity contribution in [2.45, 2.75) is 0 Å². The number of benzene rings is 1. The predicted molar refractivity (Wildman–Crippen MR) is 41.0 cm³/mol. The van der Waals surface area contributed by atoms with Crippen molar-refractivity contribution in [2.75, 3.05) is 0 Å². The van der Waals surface area contributed by atoms with Crippen LogP contribution in [0, 0.1) is 5.53 Å². The second kappa shape index (κ2) is 2.20. The minimum Gasteiger partial charge on any atom is -0.464 e. The Labute approximate surface area is 63.1 Å². The Balaban J connectivity index is 2.88. The first-order chi connectivity index (χ1) is 5.42. The van der Waals surface area contributed by atoms with Gasteiger partial charge in [-0.2, -0.15) is 5.11 Å². The first-order valence-electron chi connectivity index (χ1n) is 3.25. The molecule has 1 aromatic heterocycles. The summed E-state index contributed by atoms with van der Waals surface area (Å²) in [6.45, 7) is 0. The Morgan fingerprint density at radius 1 is 1.27 bits per heavy atom. The Kier molecular flexibility index (Phi) is 1.22. The molecule has 0 bridgehead atoms. The zero-order valence-corrected chi connectivity index (χ0v) is 5.74. The smallest absolute Gasteiger partial charge is 0.136 e. The first kappa shape index (κ1) is 6.09. The molecule has 1 heterocycles. The molecule has 0 aliphatic heterocycles. The lowest BCUT2D eigenvalue weighted by molar-refractivity contribution is 0.616. The minimum absolute atomic E-state index is 0.649. The molecule has 0 radical (unpaired) electrons. The molecular weight excluding hydrogens is 140 g/mol. The molecule has 1 N–H and O–H groups in total. The average Bonchev–Trinajstić information content (AvgIpc) is 2.50. The van der Waals surface area contributed by atoms with Gasteiger partial charge in [0, 0.05) is 5.39 Å². The van der Waals surface area contributed by atoms with Crippen molar-refractivity contribution in [2.24, 2.45) is 5.11 Å². The molecule has 0 saturated carbocycles. The van der Waals surface area contributed by atoms with E-state index in [1.165, 1.54) is 0 Å². The third kappa shape index (κ3) is 0.816. The zero-order valence-electron chi connectivity index (χ0n) is 5.74. The maximum absolute atomic E-state index is 6.85. The molecule has 1 aromatic carbocycles. The van der Waals surface area contributed by atoms with Crippen LogP contribution in [0.4, 0.5) is 5.69 Å². The maximum atomic E-state index is 6.85. The standard InChI is InChI=1S/C8H6N2O/c9-10-7-2-1-3-8-6(7)4-5-11-8/h1-5,9H. The Morgan fingerprint density at radius 2 is 2.18 bits per heavy atom. The van der Waals surface area contributed by atoms with Crippen LogP contribution in [0.1, 0.15) is 0 Å². The molecule has 0 spiro atoms. The molecule has 3 heteroatoms. The van der Waals surface area contributed by atoms with Gasteiger partial charge in [0.1, 0.15) is 5.58 Å². The molecule has 11 heavy (non-hydrogen) atoms. The first-order valence-corrected chi connectivity index (χ1v) is 3.25. The summed E-state index contributed by atoms with van der Waals surface area (Å²) in [5, 5.41) is 4.25. The van der Waals surface area contributed by atoms with Gasteiger partial charge in [0.05, 0.1) is 12.0 Å². The van der Waals surface area contributed by atoms with Gasteiger partial charge >= 0.3 is 0 Å². The molecule has 2 rings (SSSR count). The van der Waals surface area contributed by atoms with E-state index in [-0.39, 0.29) is 0 Å². The fourth-order valence-corrected chi connectivity index (χ4v) is 1.08. The van der Waals surface area contributed by atoms with Gasteiger partial charge in [0.15, 0.2) is 0 Å². The number of nitrogens with zero attached hydrogens (tertiary/aromatic N) is 1. The molecule has 0 aliphatic rings. The summed E-state index contributed by atoms with van der Waals surface area (Å²) in [6, 6.07) is 7.26. The molecule has 0 atom stereocenters. The minimum atomic E-state index is 0.649. The number of furan rings is 1. The quantitative estimate of drug-likeness (QED) is 0.617. The lowest BCUT2D eigenvalue weighted by Gasteiger charge is -1.90. The second-order valence-corrected chi connectivity index (χ2v) is 2.22. The van der Waals surface area contributed by atoms with Crippen LogP contribution < -0.4 is 0 Å². The van der Waals surface area contributed by atoms with Gasteiger partial charge in [0.2, 0.25) is 0 Å². The number of rotatable bonds is 1. The van der Waals surface area contributed by atoms with Crippen molar-refractivity contribution in [3.8, 4) is 0 Å². The number of hydrogen-bond acceptors (Lipinski definition) is 3. The Morgan fingerprint density at radius 3 is 3.00 bits per heavy atom. The van der Waals surface area contributed by atoms with Crippen molar-refractivity contribution >= 4 is 16.7 Å². The molecule has 0 saturated heterocycles. The van der Waals surface area contributed by atoms with Crippen molar-refractivity contribution in [1.82, 2.24) is 0 Å². The highest BCUT2D eigenvalue weighted by Crippen LogP contribution is 2.25. The molecule has 0 unspecified atom stereocenters. The third-order valence-electron chi connectivity index (χ3n) is 1.59. The highest BCUT2D eigenvalue weighted by molar-refractivity contribution is 5.88. The van der Waals surface area contributed by atoms with E-state index in [9.17, 15) is 0 Å². The molecule has 3 nitrogen and oxygen atoms in total. The topological polar surface area (TPSA) is 49.4 Å². The van der Waals surface area contributed by atoms with Gasteiger partial charge in [-0.15, -0.1) is 0 Å². The molecule has 0 fully saturated rings. The van der Waals surface area contributed by atoms with Gasteiger partial charge in [-0.05, 0) is 18.2 Å². The largest absolute Gasteiger partial charge is 0.464 e. The predicted octanol–water partition coefficient (Wildman–Crippen LogP) is 3.10. The molecule has 54 valence electrons. The van der Waals surface area contributed by atoms with Crippen molar-refractivity contribution in [1.29, 1.82) is 5.53 Å². The second-order valence-electron chi connectivity index (χ2n) is 2.22. The summed E-state index contributed by atoms with van der Waals surface area (Å²) in [4.78, 5) is 0. The lowest BCUT2D eigenvalue weighted by atomic mass is 10.2. The molecular formula is C8H6N2O. The summed E-state index contributed by atoms with van der Waals surface area (Å²) in [5.41, 5.74) is 8.27. The summed E-state index contributed by atoms with van der Waals surface area (Å²) >= 11 is 0. The summed E-state index contributed by atoms with van der Waals surface area (Å²) < 4.78 is 5.12. The van der Waals surface area contributed by atoms with E-state index < -0.39 is 0 Å². The fraction of sp³-hybridized carbons (Fsp3) is 0. The van der Waals surface area contributed by atoms with E-state index in [1.54, 1.807) is 12.3 Å². The normalized spacial score (nSPS) is 10.2. The van der Waals surface area contributed by atoms with Crippen LogP contribution in [0.25, 0.3) is 11.0 Å². The number of hydrogen-bond donors (Lipinski definition) is 1. The van der Waals surface area contributed by atoms with Gasteiger partial charge in [0.25, 0.3) is 0 Å². The van der Waals surface area contributed by atoms with Crippen molar-refractivity contribution in [3.63, 3.8) is 0 Å². The van der Waals surface area contributed by atoms with Crippen LogP contribution in [-0.2, 0) is 0 Å².